The quantitative estimate of drug-likeness (QED) is 0.189. The molecule has 6 heterocycles. The zero-order chi connectivity index (χ0) is 45.9. The van der Waals surface area contributed by atoms with Crippen LogP contribution < -0.4 is 41.1 Å². The molecule has 4 amide bonds. The lowest BCUT2D eigenvalue weighted by Gasteiger charge is -2.52. The van der Waals surface area contributed by atoms with Crippen molar-refractivity contribution >= 4 is 63.5 Å². The number of carbonyl (C=O) groups excluding carboxylic acids is 4. The van der Waals surface area contributed by atoms with Crippen LogP contribution in [-0.2, 0) is 21.4 Å². The van der Waals surface area contributed by atoms with Crippen LogP contribution in [-0.4, -0.2) is 119 Å². The Hall–Kier alpha value is -6.11. The van der Waals surface area contributed by atoms with Crippen molar-refractivity contribution in [3.05, 3.63) is 58.6 Å². The fourth-order valence-corrected chi connectivity index (χ4v) is 10.6. The number of imidazole rings is 1. The molecule has 4 aromatic rings. The molecule has 0 bridgehead atoms. The third-order valence-corrected chi connectivity index (χ3v) is 14.4. The lowest BCUT2D eigenvalue weighted by atomic mass is 9.60. The first kappa shape index (κ1) is 44.1. The topological polar surface area (TPSA) is 179 Å². The molecule has 3 saturated heterocycles. The number of hydrogen-bond acceptors (Lipinski definition) is 12. The monoisotopic (exact) mass is 897 g/mol. The van der Waals surface area contributed by atoms with Gasteiger partial charge in [-0.2, -0.15) is 13.8 Å². The summed E-state index contributed by atoms with van der Waals surface area (Å²) in [5.41, 5.74) is 3.61. The van der Waals surface area contributed by atoms with E-state index >= 15 is 0 Å². The fourth-order valence-electron chi connectivity index (χ4n) is 10.6. The van der Waals surface area contributed by atoms with Crippen molar-refractivity contribution < 1.29 is 32.7 Å². The minimum atomic E-state index is -3.60. The van der Waals surface area contributed by atoms with Crippen LogP contribution in [0.2, 0.25) is 0 Å². The maximum absolute atomic E-state index is 14.8. The molecule has 0 radical (unpaired) electrons. The van der Waals surface area contributed by atoms with E-state index in [1.54, 1.807) is 43.7 Å². The number of ether oxygens (including phenoxy) is 1. The molecule has 1 aliphatic carbocycles. The van der Waals surface area contributed by atoms with Crippen molar-refractivity contribution in [3.63, 3.8) is 0 Å². The Morgan fingerprint density at radius 2 is 1.71 bits per heavy atom. The number of aromatic nitrogens is 4. The Morgan fingerprint density at radius 3 is 2.40 bits per heavy atom. The summed E-state index contributed by atoms with van der Waals surface area (Å²) in [5.74, 6) is -4.54. The van der Waals surface area contributed by atoms with Crippen LogP contribution in [0.4, 0.5) is 37.6 Å². The summed E-state index contributed by atoms with van der Waals surface area (Å²) >= 11 is 0. The number of aryl methyl sites for hydroxylation is 1. The molecule has 19 heteroatoms. The summed E-state index contributed by atoms with van der Waals surface area (Å²) in [6.07, 6.45) is 8.13. The number of hydrogen-bond donors (Lipinski definition) is 3. The number of anilines is 5. The average Bonchev–Trinajstić information content (AvgIpc) is 3.48. The second-order valence-electron chi connectivity index (χ2n) is 18.9. The van der Waals surface area contributed by atoms with Crippen LogP contribution in [0, 0.1) is 11.3 Å². The Bertz CT molecular complexity index is 2590. The van der Waals surface area contributed by atoms with Crippen molar-refractivity contribution in [3.8, 4) is 5.75 Å². The SMILES string of the molecule is COc1cc(C(=O)NC2CC3(CCN(CC4CCN(c5ccc6c(c5)n(C)c(=O)n6C5CCC(=O)NC5=O)CC4)CC3)C2)ccc1Nc1ncc2c(n1)N(C(C)C)CC(F)(F)C(=O)N2C. The normalized spacial score (nSPS) is 21.6. The number of likely N-dealkylation sites (tertiary alicyclic amines) is 1. The van der Waals surface area contributed by atoms with Crippen LogP contribution >= 0.6 is 0 Å². The zero-order valence-corrected chi connectivity index (χ0v) is 37.5. The molecule has 65 heavy (non-hydrogen) atoms. The van der Waals surface area contributed by atoms with Gasteiger partial charge >= 0.3 is 11.6 Å². The maximum atomic E-state index is 14.8. The summed E-state index contributed by atoms with van der Waals surface area (Å²) < 4.78 is 38.3. The van der Waals surface area contributed by atoms with E-state index in [0.717, 1.165) is 87.4 Å². The first-order chi connectivity index (χ1) is 31.0. The van der Waals surface area contributed by atoms with Crippen LogP contribution in [0.15, 0.2) is 47.4 Å². The van der Waals surface area contributed by atoms with Gasteiger partial charge in [-0.25, -0.2) is 9.78 Å². The molecule has 1 saturated carbocycles. The first-order valence-corrected chi connectivity index (χ1v) is 22.6. The van der Waals surface area contributed by atoms with Gasteiger partial charge in [0.25, 0.3) is 11.8 Å². The fraction of sp³-hybridized carbons (Fsp3) is 0.543. The molecule has 2 aromatic carbocycles. The number of nitrogens with zero attached hydrogens (tertiary/aromatic N) is 8. The van der Waals surface area contributed by atoms with Crippen molar-refractivity contribution in [2.75, 3.05) is 73.4 Å². The molecule has 4 fully saturated rings. The minimum Gasteiger partial charge on any atom is -0.495 e. The number of halogens is 2. The van der Waals surface area contributed by atoms with E-state index in [1.165, 1.54) is 29.8 Å². The summed E-state index contributed by atoms with van der Waals surface area (Å²) in [5, 5.41) is 8.69. The Labute approximate surface area is 375 Å². The molecule has 1 unspecified atom stereocenters. The molecule has 4 aliphatic heterocycles. The summed E-state index contributed by atoms with van der Waals surface area (Å²) in [6.45, 7) is 7.72. The van der Waals surface area contributed by atoms with Gasteiger partial charge in [-0.05, 0) is 120 Å². The van der Waals surface area contributed by atoms with E-state index in [0.29, 0.717) is 34.9 Å². The highest BCUT2D eigenvalue weighted by Crippen LogP contribution is 2.49. The lowest BCUT2D eigenvalue weighted by Crippen LogP contribution is -2.55. The highest BCUT2D eigenvalue weighted by molar-refractivity contribution is 6.02. The van der Waals surface area contributed by atoms with Crippen molar-refractivity contribution in [1.29, 1.82) is 0 Å². The number of amides is 4. The highest BCUT2D eigenvalue weighted by atomic mass is 19.3. The third-order valence-electron chi connectivity index (χ3n) is 14.4. The van der Waals surface area contributed by atoms with Crippen LogP contribution in [0.25, 0.3) is 11.0 Å². The van der Waals surface area contributed by atoms with Gasteiger partial charge in [-0.1, -0.05) is 0 Å². The summed E-state index contributed by atoms with van der Waals surface area (Å²) in [4.78, 5) is 79.7. The maximum Gasteiger partial charge on any atom is 0.342 e. The molecule has 9 rings (SSSR count). The third kappa shape index (κ3) is 8.38. The van der Waals surface area contributed by atoms with E-state index in [9.17, 15) is 32.8 Å². The van der Waals surface area contributed by atoms with Crippen molar-refractivity contribution in [2.45, 2.75) is 89.3 Å². The molecule has 3 N–H and O–H groups in total. The minimum absolute atomic E-state index is 0.0917. The molecule has 5 aliphatic rings. The second kappa shape index (κ2) is 17.0. The lowest BCUT2D eigenvalue weighted by molar-refractivity contribution is -0.140. The van der Waals surface area contributed by atoms with E-state index in [1.807, 2.05) is 18.2 Å². The molecular formula is C46H57F2N11O6. The zero-order valence-electron chi connectivity index (χ0n) is 37.5. The average molecular weight is 898 g/mol. The number of rotatable bonds is 10. The molecule has 17 nitrogen and oxygen atoms in total. The Balaban J connectivity index is 0.742. The van der Waals surface area contributed by atoms with Crippen LogP contribution in [0.3, 0.4) is 0 Å². The molecule has 2 aromatic heterocycles. The van der Waals surface area contributed by atoms with Gasteiger partial charge in [0.15, 0.2) is 5.82 Å². The molecule has 1 spiro atoms. The predicted octanol–water partition coefficient (Wildman–Crippen LogP) is 4.58. The van der Waals surface area contributed by atoms with E-state index in [-0.39, 0.29) is 58.9 Å². The molecule has 346 valence electrons. The van der Waals surface area contributed by atoms with E-state index in [2.05, 4.69) is 35.7 Å². The van der Waals surface area contributed by atoms with Gasteiger partial charge in [0.05, 0.1) is 36.6 Å². The Kier molecular flexibility index (Phi) is 11.6. The number of fused-ring (bicyclic) bond motifs is 2. The van der Waals surface area contributed by atoms with Crippen molar-refractivity contribution in [1.82, 2.24) is 34.6 Å². The molecule has 1 atom stereocenters. The van der Waals surface area contributed by atoms with Gasteiger partial charge in [0.1, 0.15) is 17.5 Å². The number of nitrogens with one attached hydrogen (secondary N) is 3. The molecular weight excluding hydrogens is 841 g/mol. The number of piperidine rings is 3. The van der Waals surface area contributed by atoms with Gasteiger partial charge in [0.2, 0.25) is 17.8 Å². The van der Waals surface area contributed by atoms with Gasteiger partial charge in [-0.3, -0.25) is 33.6 Å². The van der Waals surface area contributed by atoms with Gasteiger partial charge in [-0.15, -0.1) is 0 Å². The Morgan fingerprint density at radius 1 is 0.969 bits per heavy atom. The smallest absolute Gasteiger partial charge is 0.342 e. The summed E-state index contributed by atoms with van der Waals surface area (Å²) in [7, 11) is 4.51. The van der Waals surface area contributed by atoms with Crippen molar-refractivity contribution in [2.24, 2.45) is 18.4 Å². The number of alkyl halides is 2. The van der Waals surface area contributed by atoms with Crippen LogP contribution in [0.1, 0.15) is 81.6 Å². The second-order valence-corrected chi connectivity index (χ2v) is 18.9. The number of methoxy groups -OCH3 is 1. The number of imide groups is 1. The largest absolute Gasteiger partial charge is 0.495 e. The van der Waals surface area contributed by atoms with E-state index < -0.39 is 30.3 Å². The van der Waals surface area contributed by atoms with Crippen LogP contribution in [0.5, 0.6) is 5.75 Å². The number of benzene rings is 2. The standard InChI is InChI=1S/C46H57F2N11O6/c1-27(2)58-26-46(47,48)42(63)54(3)36-24-49-43(53-39(36)58)51-32-8-6-29(20-37(32)65-5)40(61)50-30-22-45(23-30)14-18-56(19-15-45)25-28-12-16-57(17-13-28)31-7-9-33-35(21-31)55(4)44(64)59(33)34-10-11-38(60)52-41(34)62/h6-9,20-21,24,27-28,30,34H,10-19,22-23,25-26H2,1-5H3,(H,50,61)(H,49,51,53)(H,52,60,62). The van der Waals surface area contributed by atoms with Gasteiger partial charge < -0.3 is 35.0 Å². The van der Waals surface area contributed by atoms with E-state index in [4.69, 9.17) is 4.74 Å². The highest BCUT2D eigenvalue weighted by Gasteiger charge is 2.48. The number of carbonyl (C=O) groups is 4. The predicted molar refractivity (Wildman–Crippen MR) is 241 cm³/mol. The first-order valence-electron chi connectivity index (χ1n) is 22.6. The van der Waals surface area contributed by atoms with Gasteiger partial charge in [0, 0.05) is 63.5 Å². The summed E-state index contributed by atoms with van der Waals surface area (Å²) in [6, 6.07) is 10.1.